The largest absolute Gasteiger partial charge is 0.491 e. The van der Waals surface area contributed by atoms with Crippen LogP contribution in [0.4, 0.5) is 0 Å². The maximum absolute atomic E-state index is 13.9. The summed E-state index contributed by atoms with van der Waals surface area (Å²) in [4.78, 5) is 31.7. The van der Waals surface area contributed by atoms with Gasteiger partial charge in [-0.05, 0) is 44.4 Å². The van der Waals surface area contributed by atoms with Crippen molar-refractivity contribution in [3.8, 4) is 5.75 Å². The van der Waals surface area contributed by atoms with E-state index < -0.39 is 6.04 Å². The molecule has 1 aromatic carbocycles. The first-order chi connectivity index (χ1) is 17.0. The Bertz CT molecular complexity index is 986. The van der Waals surface area contributed by atoms with Crippen LogP contribution in [0.5, 0.6) is 5.75 Å². The maximum atomic E-state index is 13.9. The van der Waals surface area contributed by atoms with Crippen LogP contribution in [0.2, 0.25) is 0 Å². The highest BCUT2D eigenvalue weighted by Crippen LogP contribution is 2.47. The van der Waals surface area contributed by atoms with Crippen molar-refractivity contribution in [2.45, 2.75) is 57.5 Å². The molecule has 8 nitrogen and oxygen atoms in total. The van der Waals surface area contributed by atoms with Crippen LogP contribution in [0, 0.1) is 5.92 Å². The van der Waals surface area contributed by atoms with Gasteiger partial charge in [-0.2, -0.15) is 0 Å². The van der Waals surface area contributed by atoms with E-state index in [0.717, 1.165) is 37.4 Å². The molecule has 3 heterocycles. The number of hydrogen-bond donors (Lipinski definition) is 0. The molecule has 35 heavy (non-hydrogen) atoms. The number of nitrogens with zero attached hydrogens (tertiary/aromatic N) is 2. The number of hydrogen-bond acceptors (Lipinski definition) is 7. The normalized spacial score (nSPS) is 29.3. The Kier molecular flexibility index (Phi) is 7.14. The first-order valence-electron chi connectivity index (χ1n) is 12.8. The molecular formula is C27H36N2O6. The van der Waals surface area contributed by atoms with Gasteiger partial charge in [-0.1, -0.05) is 12.1 Å². The summed E-state index contributed by atoms with van der Waals surface area (Å²) in [5.41, 5.74) is 1.39. The summed E-state index contributed by atoms with van der Waals surface area (Å²) < 4.78 is 23.3. The molecule has 0 aromatic heterocycles. The van der Waals surface area contributed by atoms with E-state index in [1.54, 1.807) is 7.11 Å². The fourth-order valence-electron chi connectivity index (χ4n) is 5.77. The van der Waals surface area contributed by atoms with Crippen molar-refractivity contribution in [3.63, 3.8) is 0 Å². The lowest BCUT2D eigenvalue weighted by molar-refractivity contribution is -0.138. The number of carbonyl (C=O) groups excluding carboxylic acids is 2. The molecule has 0 spiro atoms. The summed E-state index contributed by atoms with van der Waals surface area (Å²) >= 11 is 0. The third-order valence-corrected chi connectivity index (χ3v) is 7.54. The predicted octanol–water partition coefficient (Wildman–Crippen LogP) is 2.73. The first-order valence-corrected chi connectivity index (χ1v) is 12.8. The smallest absolute Gasteiger partial charge is 0.290 e. The minimum atomic E-state index is -0.470. The second-order valence-electron chi connectivity index (χ2n) is 10.1. The number of ether oxygens (including phenoxy) is 4. The highest BCUT2D eigenvalue weighted by molar-refractivity contribution is 6.11. The summed E-state index contributed by atoms with van der Waals surface area (Å²) in [5.74, 6) is 0.586. The van der Waals surface area contributed by atoms with Crippen LogP contribution in [0.1, 0.15) is 44.7 Å². The Balaban J connectivity index is 1.47. The van der Waals surface area contributed by atoms with E-state index in [1.165, 1.54) is 0 Å². The lowest BCUT2D eigenvalue weighted by atomic mass is 9.76. The molecule has 190 valence electrons. The number of benzene rings is 1. The van der Waals surface area contributed by atoms with Crippen LogP contribution < -0.4 is 4.74 Å². The monoisotopic (exact) mass is 484 g/mol. The number of morpholine rings is 1. The van der Waals surface area contributed by atoms with Gasteiger partial charge in [0.15, 0.2) is 11.5 Å². The third-order valence-electron chi connectivity index (χ3n) is 7.54. The molecule has 8 heteroatoms. The first kappa shape index (κ1) is 24.3. The quantitative estimate of drug-likeness (QED) is 0.589. The lowest BCUT2D eigenvalue weighted by Crippen LogP contribution is -2.43. The molecule has 5 rings (SSSR count). The SMILES string of the molecule is COC1CCC2C(=O)C3=C(OC2C1)C(=O)N(CCN1CCOCC1)C3c1cccc(OC(C)C)c1. The van der Waals surface area contributed by atoms with E-state index in [0.29, 0.717) is 38.2 Å². The molecule has 0 bridgehead atoms. The Morgan fingerprint density at radius 2 is 1.91 bits per heavy atom. The summed E-state index contributed by atoms with van der Waals surface area (Å²) in [5, 5.41) is 0. The van der Waals surface area contributed by atoms with Crippen molar-refractivity contribution in [2.24, 2.45) is 5.92 Å². The Labute approximate surface area is 207 Å². The Hall–Kier alpha value is -2.42. The van der Waals surface area contributed by atoms with Gasteiger partial charge >= 0.3 is 0 Å². The van der Waals surface area contributed by atoms with E-state index in [1.807, 2.05) is 43.0 Å². The molecule has 1 aromatic rings. The number of rotatable bonds is 7. The Morgan fingerprint density at radius 3 is 2.66 bits per heavy atom. The van der Waals surface area contributed by atoms with Crippen molar-refractivity contribution in [1.82, 2.24) is 9.80 Å². The number of amides is 1. The molecule has 1 saturated carbocycles. The molecule has 4 atom stereocenters. The topological polar surface area (TPSA) is 77.5 Å². The van der Waals surface area contributed by atoms with Gasteiger partial charge in [0.1, 0.15) is 11.9 Å². The highest BCUT2D eigenvalue weighted by Gasteiger charge is 2.52. The minimum Gasteiger partial charge on any atom is -0.491 e. The fourth-order valence-corrected chi connectivity index (χ4v) is 5.77. The third kappa shape index (κ3) is 4.84. The van der Waals surface area contributed by atoms with E-state index >= 15 is 0 Å². The van der Waals surface area contributed by atoms with Crippen molar-refractivity contribution in [3.05, 3.63) is 41.2 Å². The van der Waals surface area contributed by atoms with Crippen LogP contribution in [-0.2, 0) is 23.8 Å². The van der Waals surface area contributed by atoms with Gasteiger partial charge in [0.25, 0.3) is 5.91 Å². The number of ketones is 1. The summed E-state index contributed by atoms with van der Waals surface area (Å²) in [6, 6.07) is 7.30. The average Bonchev–Trinajstić information content (AvgIpc) is 3.14. The van der Waals surface area contributed by atoms with Gasteiger partial charge in [0.2, 0.25) is 0 Å². The number of methoxy groups -OCH3 is 1. The van der Waals surface area contributed by atoms with Gasteiger partial charge in [-0.15, -0.1) is 0 Å². The summed E-state index contributed by atoms with van der Waals surface area (Å²) in [6.07, 6.45) is 1.95. The van der Waals surface area contributed by atoms with Gasteiger partial charge in [-0.25, -0.2) is 0 Å². The zero-order valence-corrected chi connectivity index (χ0v) is 20.9. The van der Waals surface area contributed by atoms with Crippen molar-refractivity contribution in [1.29, 1.82) is 0 Å². The van der Waals surface area contributed by atoms with Crippen LogP contribution in [0.15, 0.2) is 35.6 Å². The zero-order chi connectivity index (χ0) is 24.5. The molecule has 0 N–H and O–H groups in total. The molecule has 2 fully saturated rings. The maximum Gasteiger partial charge on any atom is 0.290 e. The lowest BCUT2D eigenvalue weighted by Gasteiger charge is -2.38. The van der Waals surface area contributed by atoms with Gasteiger partial charge in [0, 0.05) is 39.7 Å². The molecular weight excluding hydrogens is 448 g/mol. The number of fused-ring (bicyclic) bond motifs is 1. The van der Waals surface area contributed by atoms with Crippen LogP contribution in [0.25, 0.3) is 0 Å². The molecule has 4 unspecified atom stereocenters. The van der Waals surface area contributed by atoms with Crippen molar-refractivity contribution < 1.29 is 28.5 Å². The van der Waals surface area contributed by atoms with E-state index in [4.69, 9.17) is 18.9 Å². The van der Waals surface area contributed by atoms with E-state index in [2.05, 4.69) is 4.90 Å². The van der Waals surface area contributed by atoms with Gasteiger partial charge in [0.05, 0.1) is 43.0 Å². The highest BCUT2D eigenvalue weighted by atomic mass is 16.5. The number of Topliss-reactive ketones (excluding diaryl/α,β-unsaturated/α-hetero) is 1. The minimum absolute atomic E-state index is 0.0269. The molecule has 3 aliphatic heterocycles. The second-order valence-corrected chi connectivity index (χ2v) is 10.1. The number of carbonyl (C=O) groups is 2. The summed E-state index contributed by atoms with van der Waals surface area (Å²) in [6.45, 7) is 8.29. The van der Waals surface area contributed by atoms with Crippen LogP contribution in [-0.4, -0.2) is 86.3 Å². The van der Waals surface area contributed by atoms with Gasteiger partial charge < -0.3 is 23.8 Å². The molecule has 1 saturated heterocycles. The fraction of sp³-hybridized carbons (Fsp3) is 0.630. The molecule has 0 radical (unpaired) electrons. The molecule has 1 aliphatic carbocycles. The standard InChI is InChI=1S/C27H36N2O6/c1-17(2)34-20-6-4-5-18(15-20)24-23-25(30)21-8-7-19(32-3)16-22(21)35-26(23)27(31)29(24)10-9-28-11-13-33-14-12-28/h4-6,15,17,19,21-22,24H,7-14,16H2,1-3H3. The molecule has 4 aliphatic rings. The average molecular weight is 485 g/mol. The zero-order valence-electron chi connectivity index (χ0n) is 20.9. The van der Waals surface area contributed by atoms with E-state index in [9.17, 15) is 9.59 Å². The van der Waals surface area contributed by atoms with Crippen molar-refractivity contribution in [2.75, 3.05) is 46.5 Å². The van der Waals surface area contributed by atoms with Crippen LogP contribution in [0.3, 0.4) is 0 Å². The Morgan fingerprint density at radius 1 is 1.11 bits per heavy atom. The summed E-state index contributed by atoms with van der Waals surface area (Å²) in [7, 11) is 1.69. The molecule has 1 amide bonds. The van der Waals surface area contributed by atoms with Crippen molar-refractivity contribution >= 4 is 11.7 Å². The van der Waals surface area contributed by atoms with Crippen LogP contribution >= 0.6 is 0 Å². The second kappa shape index (κ2) is 10.3. The van der Waals surface area contributed by atoms with E-state index in [-0.39, 0.29) is 41.7 Å². The predicted molar refractivity (Wildman–Crippen MR) is 129 cm³/mol. The van der Waals surface area contributed by atoms with Gasteiger partial charge in [-0.3, -0.25) is 14.5 Å².